The Morgan fingerprint density at radius 2 is 2.00 bits per heavy atom. The van der Waals surface area contributed by atoms with Crippen molar-refractivity contribution in [2.24, 2.45) is 5.41 Å². The molecular formula is C13H22N2O3. The first kappa shape index (κ1) is 13.5. The van der Waals surface area contributed by atoms with E-state index in [9.17, 15) is 9.59 Å². The Balaban J connectivity index is 2.00. The highest BCUT2D eigenvalue weighted by atomic mass is 16.3. The summed E-state index contributed by atoms with van der Waals surface area (Å²) in [5.41, 5.74) is -0.0344. The van der Waals surface area contributed by atoms with Gasteiger partial charge in [0, 0.05) is 19.0 Å². The Kier molecular flexibility index (Phi) is 3.73. The third-order valence-corrected chi connectivity index (χ3v) is 4.35. The van der Waals surface area contributed by atoms with Crippen LogP contribution in [0.4, 0.5) is 0 Å². The molecule has 0 saturated carbocycles. The minimum absolute atomic E-state index is 0.0344. The minimum Gasteiger partial charge on any atom is -0.387 e. The Morgan fingerprint density at radius 3 is 2.50 bits per heavy atom. The summed E-state index contributed by atoms with van der Waals surface area (Å²) in [6.07, 6.45) is 2.39. The average Bonchev–Trinajstić information content (AvgIpc) is 2.66. The first-order valence-corrected chi connectivity index (χ1v) is 6.65. The maximum Gasteiger partial charge on any atom is 0.254 e. The number of hydrogen-bond acceptors (Lipinski definition) is 4. The molecule has 2 fully saturated rings. The van der Waals surface area contributed by atoms with E-state index in [2.05, 4.69) is 18.7 Å². The van der Waals surface area contributed by atoms with Crippen LogP contribution in [0.5, 0.6) is 0 Å². The monoisotopic (exact) mass is 254 g/mol. The van der Waals surface area contributed by atoms with Gasteiger partial charge in [-0.1, -0.05) is 0 Å². The zero-order valence-electron chi connectivity index (χ0n) is 11.2. The van der Waals surface area contributed by atoms with Crippen molar-refractivity contribution in [2.45, 2.75) is 39.2 Å². The van der Waals surface area contributed by atoms with E-state index in [-0.39, 0.29) is 11.3 Å². The molecule has 0 aromatic rings. The quantitative estimate of drug-likeness (QED) is 0.766. The van der Waals surface area contributed by atoms with E-state index in [1.54, 1.807) is 0 Å². The van der Waals surface area contributed by atoms with Crippen LogP contribution in [0.3, 0.4) is 0 Å². The number of aliphatic hydroxyl groups excluding tert-OH is 1. The number of rotatable bonds is 2. The molecule has 2 aliphatic rings. The van der Waals surface area contributed by atoms with Gasteiger partial charge in [-0.05, 0) is 45.2 Å². The predicted molar refractivity (Wildman–Crippen MR) is 66.8 cm³/mol. The number of piperidine rings is 1. The third-order valence-electron chi connectivity index (χ3n) is 4.35. The van der Waals surface area contributed by atoms with Gasteiger partial charge < -0.3 is 10.0 Å². The number of aliphatic hydroxyl groups is 1. The number of nitrogens with zero attached hydrogens (tertiary/aromatic N) is 2. The number of carbonyl (C=O) groups is 2. The normalized spacial score (nSPS) is 24.2. The Morgan fingerprint density at radius 1 is 1.39 bits per heavy atom. The van der Waals surface area contributed by atoms with Crippen molar-refractivity contribution in [1.82, 2.24) is 9.80 Å². The number of carbonyl (C=O) groups excluding carboxylic acids is 2. The maximum atomic E-state index is 11.8. The lowest BCUT2D eigenvalue weighted by atomic mass is 9.77. The Hall–Kier alpha value is -0.940. The van der Waals surface area contributed by atoms with Crippen molar-refractivity contribution >= 4 is 11.8 Å². The summed E-state index contributed by atoms with van der Waals surface area (Å²) < 4.78 is 0. The molecule has 5 nitrogen and oxygen atoms in total. The van der Waals surface area contributed by atoms with E-state index < -0.39 is 12.5 Å². The average molecular weight is 254 g/mol. The number of imide groups is 1. The van der Waals surface area contributed by atoms with Gasteiger partial charge in [0.2, 0.25) is 5.91 Å². The zero-order chi connectivity index (χ0) is 13.3. The van der Waals surface area contributed by atoms with Crippen LogP contribution in [0.15, 0.2) is 0 Å². The maximum absolute atomic E-state index is 11.8. The fraction of sp³-hybridized carbons (Fsp3) is 0.846. The molecule has 0 aliphatic carbocycles. The highest BCUT2D eigenvalue weighted by Gasteiger charge is 2.46. The summed E-state index contributed by atoms with van der Waals surface area (Å²) in [4.78, 5) is 27.0. The molecule has 2 saturated heterocycles. The van der Waals surface area contributed by atoms with Crippen LogP contribution >= 0.6 is 0 Å². The molecule has 2 amide bonds. The highest BCUT2D eigenvalue weighted by Crippen LogP contribution is 2.41. The number of likely N-dealkylation sites (tertiary alicyclic amines) is 2. The van der Waals surface area contributed by atoms with Gasteiger partial charge in [-0.3, -0.25) is 14.5 Å². The van der Waals surface area contributed by atoms with Gasteiger partial charge >= 0.3 is 0 Å². The van der Waals surface area contributed by atoms with Crippen molar-refractivity contribution < 1.29 is 14.7 Å². The second-order valence-electron chi connectivity index (χ2n) is 5.84. The van der Waals surface area contributed by atoms with Crippen LogP contribution in [0.2, 0.25) is 0 Å². The summed E-state index contributed by atoms with van der Waals surface area (Å²) in [6.45, 7) is 6.27. The first-order chi connectivity index (χ1) is 8.47. The molecule has 0 aromatic carbocycles. The largest absolute Gasteiger partial charge is 0.387 e. The van der Waals surface area contributed by atoms with Gasteiger partial charge in [0.25, 0.3) is 5.91 Å². The van der Waals surface area contributed by atoms with Crippen LogP contribution in [-0.2, 0) is 9.59 Å². The molecule has 18 heavy (non-hydrogen) atoms. The van der Waals surface area contributed by atoms with E-state index >= 15 is 0 Å². The molecule has 2 heterocycles. The van der Waals surface area contributed by atoms with E-state index in [0.717, 1.165) is 25.9 Å². The third kappa shape index (κ3) is 2.42. The standard InChI is InChI=1S/C13H22N2O3/c1-10(2)14-5-3-13(4-6-14)7-11(17)15(9-13)12(18)8-16/h10,16H,3-9H2,1-2H3. The fourth-order valence-corrected chi connectivity index (χ4v) is 3.06. The number of hydrogen-bond donors (Lipinski definition) is 1. The fourth-order valence-electron chi connectivity index (χ4n) is 3.06. The van der Waals surface area contributed by atoms with E-state index in [4.69, 9.17) is 5.11 Å². The molecule has 0 unspecified atom stereocenters. The van der Waals surface area contributed by atoms with Crippen LogP contribution in [0, 0.1) is 5.41 Å². The molecule has 0 radical (unpaired) electrons. The second-order valence-corrected chi connectivity index (χ2v) is 5.84. The lowest BCUT2D eigenvalue weighted by molar-refractivity contribution is -0.143. The first-order valence-electron chi connectivity index (χ1n) is 6.65. The summed E-state index contributed by atoms with van der Waals surface area (Å²) in [6, 6.07) is 0.537. The lowest BCUT2D eigenvalue weighted by Gasteiger charge is -2.40. The lowest BCUT2D eigenvalue weighted by Crippen LogP contribution is -2.45. The van der Waals surface area contributed by atoms with Gasteiger partial charge in [0.15, 0.2) is 0 Å². The van der Waals surface area contributed by atoms with Crippen LogP contribution in [0.1, 0.15) is 33.1 Å². The Labute approximate surface area is 108 Å². The van der Waals surface area contributed by atoms with Crippen LogP contribution in [-0.4, -0.2) is 59.0 Å². The van der Waals surface area contributed by atoms with Crippen molar-refractivity contribution in [1.29, 1.82) is 0 Å². The molecule has 0 bridgehead atoms. The van der Waals surface area contributed by atoms with Gasteiger partial charge in [-0.15, -0.1) is 0 Å². The van der Waals surface area contributed by atoms with E-state index in [0.29, 0.717) is 19.0 Å². The summed E-state index contributed by atoms with van der Waals surface area (Å²) in [7, 11) is 0. The van der Waals surface area contributed by atoms with Crippen LogP contribution in [0.25, 0.3) is 0 Å². The molecular weight excluding hydrogens is 232 g/mol. The minimum atomic E-state index is -0.570. The second kappa shape index (κ2) is 4.97. The van der Waals surface area contributed by atoms with Crippen LogP contribution < -0.4 is 0 Å². The smallest absolute Gasteiger partial charge is 0.254 e. The topological polar surface area (TPSA) is 60.9 Å². The van der Waals surface area contributed by atoms with Crippen molar-refractivity contribution in [3.63, 3.8) is 0 Å². The molecule has 2 rings (SSSR count). The van der Waals surface area contributed by atoms with Crippen molar-refractivity contribution in [2.75, 3.05) is 26.2 Å². The summed E-state index contributed by atoms with van der Waals surface area (Å²) in [5, 5.41) is 8.86. The Bertz CT molecular complexity index is 346. The van der Waals surface area contributed by atoms with Gasteiger partial charge in [0.05, 0.1) is 0 Å². The van der Waals surface area contributed by atoms with Gasteiger partial charge in [-0.2, -0.15) is 0 Å². The molecule has 5 heteroatoms. The summed E-state index contributed by atoms with van der Waals surface area (Å²) >= 11 is 0. The van der Waals surface area contributed by atoms with Crippen molar-refractivity contribution in [3.8, 4) is 0 Å². The molecule has 0 aromatic heterocycles. The zero-order valence-corrected chi connectivity index (χ0v) is 11.2. The number of amides is 2. The highest BCUT2D eigenvalue weighted by molar-refractivity contribution is 5.97. The molecule has 0 atom stereocenters. The molecule has 1 spiro atoms. The summed E-state index contributed by atoms with van der Waals surface area (Å²) in [5.74, 6) is -0.574. The van der Waals surface area contributed by atoms with Crippen molar-refractivity contribution in [3.05, 3.63) is 0 Å². The molecule has 2 aliphatic heterocycles. The van der Waals surface area contributed by atoms with E-state index in [1.807, 2.05) is 0 Å². The van der Waals surface area contributed by atoms with Gasteiger partial charge in [0.1, 0.15) is 6.61 Å². The molecule has 1 N–H and O–H groups in total. The predicted octanol–water partition coefficient (Wildman–Crippen LogP) is 0.228. The SMILES string of the molecule is CC(C)N1CCC2(CC1)CC(=O)N(C(=O)CO)C2. The van der Waals surface area contributed by atoms with E-state index in [1.165, 1.54) is 4.90 Å². The molecule has 102 valence electrons. The van der Waals surface area contributed by atoms with Gasteiger partial charge in [-0.25, -0.2) is 0 Å².